The van der Waals surface area contributed by atoms with Crippen LogP contribution >= 0.6 is 46.4 Å². The third-order valence-corrected chi connectivity index (χ3v) is 13.6. The van der Waals surface area contributed by atoms with Crippen molar-refractivity contribution in [2.24, 2.45) is 0 Å². The smallest absolute Gasteiger partial charge is 0.341 e. The molecule has 8 rings (SSSR count). The number of hydrogen-bond acceptors (Lipinski definition) is 6. The van der Waals surface area contributed by atoms with Gasteiger partial charge >= 0.3 is 5.97 Å². The molecule has 0 radical (unpaired) electrons. The van der Waals surface area contributed by atoms with Gasteiger partial charge in [0.05, 0.1) is 37.9 Å². The molecule has 0 aromatic heterocycles. The molecular weight excluding hydrogens is 834 g/mol. The first-order chi connectivity index (χ1) is 28.9. The molecule has 2 saturated carbocycles. The Morgan fingerprint density at radius 2 is 0.900 bits per heavy atom. The molecule has 0 saturated heterocycles. The van der Waals surface area contributed by atoms with E-state index in [1.807, 2.05) is 98.7 Å². The normalized spacial score (nSPS) is 18.4. The fraction of sp³-hybridized carbons (Fsp3) is 0.300. The second-order valence-corrected chi connectivity index (χ2v) is 17.8. The Balaban J connectivity index is 1.37. The quantitative estimate of drug-likeness (QED) is 0.0707. The number of esters is 1. The zero-order valence-electron chi connectivity index (χ0n) is 34.2. The molecule has 0 amide bonds. The molecule has 2 fully saturated rings. The molecular formula is C50H48Cl4N2O4. The number of hydrogen-bond donors (Lipinski definition) is 0. The zero-order chi connectivity index (χ0) is 42.1. The van der Waals surface area contributed by atoms with Gasteiger partial charge in [-0.05, 0) is 145 Å². The molecule has 60 heavy (non-hydrogen) atoms. The molecule has 0 atom stereocenters. The number of fused-ring (bicyclic) bond motifs is 1. The number of carbonyl (C=O) groups excluding carboxylic acids is 1. The highest BCUT2D eigenvalue weighted by molar-refractivity contribution is 6.53. The van der Waals surface area contributed by atoms with E-state index in [0.717, 1.165) is 82.0 Å². The molecule has 0 bridgehead atoms. The van der Waals surface area contributed by atoms with E-state index >= 15 is 0 Å². The number of carbonyl (C=O) groups is 1. The van der Waals surface area contributed by atoms with E-state index in [-0.39, 0.29) is 37.9 Å². The molecule has 0 unspecified atom stereocenters. The van der Waals surface area contributed by atoms with E-state index in [0.29, 0.717) is 5.56 Å². The summed E-state index contributed by atoms with van der Waals surface area (Å²) in [5, 5.41) is 0.0645. The van der Waals surface area contributed by atoms with Crippen LogP contribution in [0.4, 0.5) is 11.4 Å². The third kappa shape index (κ3) is 8.63. The number of cyclic esters (lactones) is 1. The predicted molar refractivity (Wildman–Crippen MR) is 248 cm³/mol. The van der Waals surface area contributed by atoms with Gasteiger partial charge < -0.3 is 24.0 Å². The van der Waals surface area contributed by atoms with Crippen LogP contribution in [0.3, 0.4) is 0 Å². The fourth-order valence-electron chi connectivity index (χ4n) is 8.49. The SMILES string of the molecule is CN(C)c1ccc(/C(=C\C2(/C=C(/c3ccc(OC4CCCC4)cc3)c3ccc(N(C)C)cc3)OC(=O)c3c(Cl)c(Cl)c(Cl)c(Cl)c32)c2ccc(OC3CCCC3)cc2)cc1. The number of benzene rings is 5. The molecule has 0 spiro atoms. The zero-order valence-corrected chi connectivity index (χ0v) is 37.3. The van der Waals surface area contributed by atoms with Crippen LogP contribution in [0, 0.1) is 0 Å². The van der Waals surface area contributed by atoms with Crippen LogP contribution in [0.25, 0.3) is 11.1 Å². The van der Waals surface area contributed by atoms with Crippen molar-refractivity contribution < 1.29 is 19.0 Å². The molecule has 0 N–H and O–H groups in total. The van der Waals surface area contributed by atoms with Crippen molar-refractivity contribution in [1.29, 1.82) is 0 Å². The van der Waals surface area contributed by atoms with Crippen molar-refractivity contribution >= 4 is 74.9 Å². The summed E-state index contributed by atoms with van der Waals surface area (Å²) in [6.45, 7) is 0. The van der Waals surface area contributed by atoms with Gasteiger partial charge in [-0.25, -0.2) is 4.79 Å². The van der Waals surface area contributed by atoms with E-state index < -0.39 is 11.6 Å². The standard InChI is InChI=1S/C50H48Cl4N2O4/c1-55(2)35-21-13-31(14-22-35)41(33-17-25-39(26-18-33)58-37-9-5-6-10-37)29-50(44-43(49(57)60-50)45(51)47(53)48(54)46(44)52)30-42(32-15-23-36(24-16-32)56(3)4)34-19-27-40(28-20-34)59-38-11-7-8-12-38/h13-30,37-38H,5-12H2,1-4H3/b41-29+,42-30+. The summed E-state index contributed by atoms with van der Waals surface area (Å²) in [6, 6.07) is 32.7. The Labute approximate surface area is 373 Å². The fourth-order valence-corrected chi connectivity index (χ4v) is 9.57. The molecule has 1 aliphatic heterocycles. The first-order valence-corrected chi connectivity index (χ1v) is 22.1. The lowest BCUT2D eigenvalue weighted by Crippen LogP contribution is -2.23. The second-order valence-electron chi connectivity index (χ2n) is 16.3. The van der Waals surface area contributed by atoms with Crippen LogP contribution in [-0.2, 0) is 10.3 Å². The second kappa shape index (κ2) is 17.8. The Bertz CT molecular complexity index is 2290. The van der Waals surface area contributed by atoms with Gasteiger partial charge in [0.25, 0.3) is 0 Å². The minimum Gasteiger partial charge on any atom is -0.490 e. The van der Waals surface area contributed by atoms with Gasteiger partial charge in [0.2, 0.25) is 0 Å². The Hall–Kier alpha value is -4.59. The maximum absolute atomic E-state index is 14.3. The summed E-state index contributed by atoms with van der Waals surface area (Å²) in [7, 11) is 8.02. The number of rotatable bonds is 12. The molecule has 1 heterocycles. The van der Waals surface area contributed by atoms with Crippen molar-refractivity contribution in [3.05, 3.63) is 163 Å². The van der Waals surface area contributed by atoms with Crippen molar-refractivity contribution in [3.63, 3.8) is 0 Å². The molecule has 5 aromatic carbocycles. The first kappa shape index (κ1) is 42.1. The summed E-state index contributed by atoms with van der Waals surface area (Å²) in [4.78, 5) is 18.4. The van der Waals surface area contributed by atoms with Gasteiger partial charge in [-0.15, -0.1) is 0 Å². The number of nitrogens with zero attached hydrogens (tertiary/aromatic N) is 2. The molecule has 6 nitrogen and oxygen atoms in total. The van der Waals surface area contributed by atoms with Crippen molar-refractivity contribution in [2.75, 3.05) is 38.0 Å². The monoisotopic (exact) mass is 880 g/mol. The summed E-state index contributed by atoms with van der Waals surface area (Å²) in [5.74, 6) is 0.939. The minimum absolute atomic E-state index is 0.0162. The van der Waals surface area contributed by atoms with Crippen LogP contribution in [0.1, 0.15) is 89.5 Å². The van der Waals surface area contributed by atoms with Gasteiger partial charge in [0, 0.05) is 45.1 Å². The Kier molecular flexibility index (Phi) is 12.5. The first-order valence-electron chi connectivity index (χ1n) is 20.6. The lowest BCUT2D eigenvalue weighted by atomic mass is 9.83. The van der Waals surface area contributed by atoms with Crippen LogP contribution in [0.5, 0.6) is 11.5 Å². The van der Waals surface area contributed by atoms with Crippen molar-refractivity contribution in [1.82, 2.24) is 0 Å². The summed E-state index contributed by atoms with van der Waals surface area (Å²) < 4.78 is 19.4. The maximum Gasteiger partial charge on any atom is 0.341 e. The van der Waals surface area contributed by atoms with Crippen LogP contribution in [0.15, 0.2) is 109 Å². The van der Waals surface area contributed by atoms with Gasteiger partial charge in [0.15, 0.2) is 5.60 Å². The largest absolute Gasteiger partial charge is 0.490 e. The molecule has 10 heteroatoms. The van der Waals surface area contributed by atoms with Gasteiger partial charge in [-0.2, -0.15) is 0 Å². The van der Waals surface area contributed by atoms with E-state index in [2.05, 4.69) is 48.5 Å². The number of halogens is 4. The van der Waals surface area contributed by atoms with Gasteiger partial charge in [0.1, 0.15) is 11.5 Å². The van der Waals surface area contributed by atoms with Crippen LogP contribution < -0.4 is 19.3 Å². The van der Waals surface area contributed by atoms with Crippen molar-refractivity contribution in [3.8, 4) is 11.5 Å². The highest BCUT2D eigenvalue weighted by Gasteiger charge is 2.48. The van der Waals surface area contributed by atoms with E-state index in [1.54, 1.807) is 0 Å². The van der Waals surface area contributed by atoms with Crippen LogP contribution in [0.2, 0.25) is 20.1 Å². The minimum atomic E-state index is -1.63. The lowest BCUT2D eigenvalue weighted by Gasteiger charge is -2.27. The topological polar surface area (TPSA) is 51.2 Å². The van der Waals surface area contributed by atoms with Gasteiger partial charge in [-0.1, -0.05) is 94.9 Å². The maximum atomic E-state index is 14.3. The lowest BCUT2D eigenvalue weighted by molar-refractivity contribution is 0.0300. The molecule has 2 aliphatic carbocycles. The van der Waals surface area contributed by atoms with Gasteiger partial charge in [-0.3, -0.25) is 0 Å². The Morgan fingerprint density at radius 1 is 0.550 bits per heavy atom. The summed E-state index contributed by atoms with van der Waals surface area (Å²) in [5.41, 5.74) is 5.88. The molecule has 310 valence electrons. The molecule has 3 aliphatic rings. The summed E-state index contributed by atoms with van der Waals surface area (Å²) >= 11 is 27.6. The highest BCUT2D eigenvalue weighted by Crippen LogP contribution is 2.54. The van der Waals surface area contributed by atoms with E-state index in [9.17, 15) is 4.79 Å². The van der Waals surface area contributed by atoms with Crippen molar-refractivity contribution in [2.45, 2.75) is 69.2 Å². The third-order valence-electron chi connectivity index (χ3n) is 11.8. The number of anilines is 2. The Morgan fingerprint density at radius 3 is 1.27 bits per heavy atom. The highest BCUT2D eigenvalue weighted by atomic mass is 35.5. The average Bonchev–Trinajstić information content (AvgIpc) is 4.03. The van der Waals surface area contributed by atoms with Crippen LogP contribution in [-0.4, -0.2) is 46.4 Å². The average molecular weight is 883 g/mol. The van der Waals surface area contributed by atoms with E-state index in [4.69, 9.17) is 60.6 Å². The summed E-state index contributed by atoms with van der Waals surface area (Å²) in [6.07, 6.45) is 13.2. The van der Waals surface area contributed by atoms with E-state index in [1.165, 1.54) is 25.7 Å². The predicted octanol–water partition coefficient (Wildman–Crippen LogP) is 13.7. The molecule has 5 aromatic rings. The number of ether oxygens (including phenoxy) is 3.